The zero-order valence-corrected chi connectivity index (χ0v) is 9.43. The molecule has 0 rings (SSSR count). The van der Waals surface area contributed by atoms with Crippen molar-refractivity contribution in [3.8, 4) is 0 Å². The van der Waals surface area contributed by atoms with Crippen molar-refractivity contribution in [1.82, 2.24) is 0 Å². The zero-order valence-electron chi connectivity index (χ0n) is 8.43. The lowest BCUT2D eigenvalue weighted by atomic mass is 13.1. The maximum atomic E-state index is 10.5. The minimum atomic E-state index is -5.11. The molecule has 18 heavy (non-hydrogen) atoms. The van der Waals surface area contributed by atoms with Gasteiger partial charge in [0.25, 0.3) is 5.09 Å². The van der Waals surface area contributed by atoms with Crippen molar-refractivity contribution in [2.45, 2.75) is 0 Å². The molecule has 0 saturated heterocycles. The van der Waals surface area contributed by atoms with Crippen LogP contribution >= 0.6 is 0 Å². The normalized spacial score (nSPS) is 4.67. The molecule has 0 saturated carbocycles. The molecule has 128 valence electrons. The highest BCUT2D eigenvalue weighted by molar-refractivity contribution is 6.47. The Morgan fingerprint density at radius 2 is 0.778 bits per heavy atom. The van der Waals surface area contributed by atoms with Gasteiger partial charge in [-0.2, -0.15) is 0 Å². The summed E-state index contributed by atoms with van der Waals surface area (Å²) in [6, 6.07) is 0. The minimum absolute atomic E-state index is 0. The van der Waals surface area contributed by atoms with Gasteiger partial charge in [-0.25, -0.2) is 4.11 Å². The van der Waals surface area contributed by atoms with Crippen LogP contribution in [0.25, 0.3) is 0 Å². The molecule has 0 aromatic rings. The highest BCUT2D eigenvalue weighted by atomic mass is 28.4. The van der Waals surface area contributed by atoms with Gasteiger partial charge in [-0.15, -0.1) is 10.1 Å². The van der Waals surface area contributed by atoms with Gasteiger partial charge in [0.1, 0.15) is 0 Å². The number of nitrogens with zero attached hydrogens (tertiary/aromatic N) is 1. The second kappa shape index (κ2) is 56.7. The molecule has 0 amide bonds. The van der Waals surface area contributed by atoms with Crippen LogP contribution in [0.2, 0.25) is 0 Å². The van der Waals surface area contributed by atoms with Crippen molar-refractivity contribution in [2.24, 2.45) is 0 Å². The van der Waals surface area contributed by atoms with Gasteiger partial charge in [0.2, 0.25) is 0 Å². The molecule has 0 atom stereocenters. The van der Waals surface area contributed by atoms with Crippen molar-refractivity contribution in [2.75, 3.05) is 0 Å². The van der Waals surface area contributed by atoms with Crippen LogP contribution in [0.15, 0.2) is 0 Å². The second-order valence-electron chi connectivity index (χ2n) is 0.791. The molecule has 0 aliphatic carbocycles. The molecule has 16 nitrogen and oxygen atoms in total. The van der Waals surface area contributed by atoms with Gasteiger partial charge in [0.05, 0.1) is 0 Å². The molecule has 0 heterocycles. The van der Waals surface area contributed by atoms with E-state index in [4.69, 9.17) is 29.7 Å². The molecule has 0 bridgehead atoms. The molecule has 0 aromatic carbocycles. The maximum Gasteiger partial charge on any atom is 0.711 e. The monoisotopic (exact) mass is 323 g/mol. The summed E-state index contributed by atoms with van der Waals surface area (Å²) >= 11 is 0. The van der Waals surface area contributed by atoms with Crippen LogP contribution in [-0.2, 0) is 0 Å². The molecule has 0 radical (unpaired) electrons. The van der Waals surface area contributed by atoms with Crippen molar-refractivity contribution in [1.29, 1.82) is 0 Å². The average molecular weight is 323 g/mol. The van der Waals surface area contributed by atoms with E-state index >= 15 is 0 Å². The van der Waals surface area contributed by atoms with E-state index in [9.17, 15) is 4.11 Å². The van der Waals surface area contributed by atoms with E-state index in [-0.39, 0.29) is 49.3 Å². The molecule has 0 unspecified atom stereocenters. The number of hydrogen-bond donors (Lipinski definition) is 4. The third-order valence-electron chi connectivity index (χ3n) is 0. The fourth-order valence-corrected chi connectivity index (χ4v) is 0. The zero-order chi connectivity index (χ0) is 8.08. The van der Waals surface area contributed by atoms with Crippen molar-refractivity contribution in [3.63, 3.8) is 0 Å². The van der Waals surface area contributed by atoms with Crippen molar-refractivity contribution < 1.29 is 78.1 Å². The van der Waals surface area contributed by atoms with Gasteiger partial charge in [-0.1, -0.05) is 0 Å². The number of rotatable bonds is 0. The van der Waals surface area contributed by atoms with E-state index < -0.39 is 14.2 Å². The van der Waals surface area contributed by atoms with Crippen LogP contribution < -0.4 is 0 Å². The Morgan fingerprint density at radius 3 is 0.778 bits per heavy atom. The van der Waals surface area contributed by atoms with Crippen LogP contribution in [0.5, 0.6) is 0 Å². The standard InChI is InChI=1S/FH3O3Si.HNO3.9H2O/c1-5(2,3)4;2-1(3)4;;;;;;;;;/h2-4H;(H,2,3,4);9*1H2. The van der Waals surface area contributed by atoms with Gasteiger partial charge in [0.15, 0.2) is 0 Å². The quantitative estimate of drug-likeness (QED) is 0.145. The Hall–Kier alpha value is -1.13. The number of halogens is 1. The Labute approximate surface area is 98.6 Å². The summed E-state index contributed by atoms with van der Waals surface area (Å²) in [6.45, 7) is 0. The van der Waals surface area contributed by atoms with Gasteiger partial charge >= 0.3 is 9.14 Å². The second-order valence-corrected chi connectivity index (χ2v) is 1.90. The lowest BCUT2D eigenvalue weighted by Gasteiger charge is -1.87. The molecule has 18 heteroatoms. The van der Waals surface area contributed by atoms with Gasteiger partial charge < -0.3 is 68.9 Å². The third-order valence-corrected chi connectivity index (χ3v) is 0. The predicted octanol–water partition coefficient (Wildman–Crippen LogP) is -9.40. The first kappa shape index (κ1) is 123. The Kier molecular flexibility index (Phi) is 388. The van der Waals surface area contributed by atoms with Gasteiger partial charge in [-0.3, -0.25) is 0 Å². The predicted molar refractivity (Wildman–Crippen MR) is 54.8 cm³/mol. The van der Waals surface area contributed by atoms with E-state index in [0.29, 0.717) is 0 Å². The molecule has 0 aliphatic heterocycles. The van der Waals surface area contributed by atoms with Gasteiger partial charge in [0, 0.05) is 0 Å². The molecule has 0 aromatic heterocycles. The fraction of sp³-hybridized carbons (Fsp3) is 0. The van der Waals surface area contributed by atoms with E-state index in [1.165, 1.54) is 0 Å². The molecular formula is H22FNO15Si. The van der Waals surface area contributed by atoms with Crippen molar-refractivity contribution >= 4 is 9.14 Å². The summed E-state index contributed by atoms with van der Waals surface area (Å²) in [7, 11) is -5.11. The maximum absolute atomic E-state index is 10.5. The summed E-state index contributed by atoms with van der Waals surface area (Å²) in [5, 5.41) is 13.6. The van der Waals surface area contributed by atoms with Crippen LogP contribution in [0, 0.1) is 10.1 Å². The van der Waals surface area contributed by atoms with E-state index in [0.717, 1.165) is 0 Å². The third kappa shape index (κ3) is 2230. The SMILES string of the molecule is O.O.O.O.O.O.O.O.O.O=[N+]([O-])O.O[Si](O)(O)F. The van der Waals surface area contributed by atoms with Gasteiger partial charge in [-0.05, 0) is 0 Å². The van der Waals surface area contributed by atoms with Crippen LogP contribution in [0.4, 0.5) is 4.11 Å². The molecule has 0 spiro atoms. The highest BCUT2D eigenvalue weighted by Crippen LogP contribution is 1.79. The summed E-state index contributed by atoms with van der Waals surface area (Å²) < 4.78 is 10.5. The summed E-state index contributed by atoms with van der Waals surface area (Å²) in [5.74, 6) is 0. The molecule has 22 N–H and O–H groups in total. The Balaban J connectivity index is -0.00000000406. The minimum Gasteiger partial charge on any atom is -0.412 e. The topological polar surface area (TPSA) is 408 Å². The smallest absolute Gasteiger partial charge is 0.412 e. The van der Waals surface area contributed by atoms with E-state index in [2.05, 4.69) is 0 Å². The first-order valence-electron chi connectivity index (χ1n) is 1.42. The number of hydrogen-bond acceptors (Lipinski definition) is 5. The molecule has 0 aliphatic rings. The Morgan fingerprint density at radius 1 is 0.778 bits per heavy atom. The molecule has 0 fully saturated rings. The summed E-state index contributed by atoms with van der Waals surface area (Å²) in [4.78, 5) is 29.7. The van der Waals surface area contributed by atoms with Crippen LogP contribution in [-0.4, -0.2) is 83.1 Å². The van der Waals surface area contributed by atoms with Crippen LogP contribution in [0.3, 0.4) is 0 Å². The fourth-order valence-electron chi connectivity index (χ4n) is 0. The molecular weight excluding hydrogens is 301 g/mol. The van der Waals surface area contributed by atoms with E-state index in [1.807, 2.05) is 0 Å². The average Bonchev–Trinajstić information content (AvgIpc) is 1.19. The first-order chi connectivity index (χ1) is 3.73. The lowest BCUT2D eigenvalue weighted by Crippen LogP contribution is -2.27. The summed E-state index contributed by atoms with van der Waals surface area (Å²) in [6.07, 6.45) is 0. The van der Waals surface area contributed by atoms with Crippen LogP contribution in [0.1, 0.15) is 0 Å². The summed E-state index contributed by atoms with van der Waals surface area (Å²) in [5.41, 5.74) is 0. The first-order valence-corrected chi connectivity index (χ1v) is 3.14. The highest BCUT2D eigenvalue weighted by Gasteiger charge is 2.26. The lowest BCUT2D eigenvalue weighted by molar-refractivity contribution is -0.742. The van der Waals surface area contributed by atoms with E-state index in [1.54, 1.807) is 0 Å². The largest absolute Gasteiger partial charge is 0.711 e. The van der Waals surface area contributed by atoms with Crippen molar-refractivity contribution in [3.05, 3.63) is 10.1 Å². The Bertz CT molecular complexity index is 79.0.